The molecule has 0 bridgehead atoms. The molecule has 0 saturated carbocycles. The maximum atomic E-state index is 6.10. The van der Waals surface area contributed by atoms with E-state index in [1.54, 1.807) is 0 Å². The van der Waals surface area contributed by atoms with Crippen molar-refractivity contribution in [3.8, 4) is 0 Å². The topological polar surface area (TPSA) is 44.9 Å². The summed E-state index contributed by atoms with van der Waals surface area (Å²) in [5, 5.41) is 0. The summed E-state index contributed by atoms with van der Waals surface area (Å²) in [6, 6.07) is 8.63. The van der Waals surface area contributed by atoms with Crippen molar-refractivity contribution in [1.82, 2.24) is 9.80 Å². The van der Waals surface area contributed by atoms with Gasteiger partial charge in [0.1, 0.15) is 0 Å². The van der Waals surface area contributed by atoms with Gasteiger partial charge in [-0.15, -0.1) is 0 Å². The Labute approximate surface area is 132 Å². The number of hydrogen-bond donors (Lipinski definition) is 1. The van der Waals surface area contributed by atoms with Gasteiger partial charge in [0, 0.05) is 31.1 Å². The van der Waals surface area contributed by atoms with Crippen LogP contribution in [0.5, 0.6) is 0 Å². The summed E-state index contributed by atoms with van der Waals surface area (Å²) in [7, 11) is 2.14. The minimum atomic E-state index is 0.666. The standard InChI is InChI=1S/C16H26N4S/c1-3-19(2)13-15-6-4-5-14(11-15)12-18-16(17)20-7-9-21-10-8-20/h4-6,11H,3,7-10,12-13H2,1-2H3,(H2,17,18). The molecule has 1 heterocycles. The second-order valence-electron chi connectivity index (χ2n) is 5.42. The molecule has 1 fully saturated rings. The first-order valence-electron chi connectivity index (χ1n) is 7.58. The predicted octanol–water partition coefficient (Wildman–Crippen LogP) is 2.00. The van der Waals surface area contributed by atoms with Gasteiger partial charge in [-0.3, -0.25) is 0 Å². The van der Waals surface area contributed by atoms with Gasteiger partial charge in [0.25, 0.3) is 0 Å². The predicted molar refractivity (Wildman–Crippen MR) is 92.7 cm³/mol. The van der Waals surface area contributed by atoms with Crippen molar-refractivity contribution in [2.24, 2.45) is 10.7 Å². The molecule has 1 saturated heterocycles. The van der Waals surface area contributed by atoms with Crippen LogP contribution >= 0.6 is 11.8 Å². The maximum absolute atomic E-state index is 6.10. The lowest BCUT2D eigenvalue weighted by molar-refractivity contribution is 0.345. The fraction of sp³-hybridized carbons (Fsp3) is 0.562. The monoisotopic (exact) mass is 306 g/mol. The average molecular weight is 306 g/mol. The highest BCUT2D eigenvalue weighted by Gasteiger charge is 2.11. The Hall–Kier alpha value is -1.20. The molecule has 1 aliphatic heterocycles. The molecule has 5 heteroatoms. The normalized spacial score (nSPS) is 16.5. The molecule has 21 heavy (non-hydrogen) atoms. The maximum Gasteiger partial charge on any atom is 0.191 e. The van der Waals surface area contributed by atoms with E-state index in [0.717, 1.165) is 37.7 Å². The van der Waals surface area contributed by atoms with Crippen LogP contribution in [0.2, 0.25) is 0 Å². The molecule has 0 aliphatic carbocycles. The minimum absolute atomic E-state index is 0.666. The first-order chi connectivity index (χ1) is 10.2. The summed E-state index contributed by atoms with van der Waals surface area (Å²) in [5.74, 6) is 2.98. The number of benzene rings is 1. The third kappa shape index (κ3) is 5.25. The average Bonchev–Trinajstić information content (AvgIpc) is 2.53. The van der Waals surface area contributed by atoms with Gasteiger partial charge in [0.2, 0.25) is 0 Å². The summed E-state index contributed by atoms with van der Waals surface area (Å²) in [6.07, 6.45) is 0. The molecule has 2 rings (SSSR count). The van der Waals surface area contributed by atoms with Crippen molar-refractivity contribution in [2.45, 2.75) is 20.0 Å². The van der Waals surface area contributed by atoms with Crippen LogP contribution in [0.25, 0.3) is 0 Å². The van der Waals surface area contributed by atoms with E-state index in [9.17, 15) is 0 Å². The molecule has 1 aromatic rings. The Morgan fingerprint density at radius 3 is 2.76 bits per heavy atom. The molecule has 1 aliphatic rings. The van der Waals surface area contributed by atoms with E-state index in [0.29, 0.717) is 12.5 Å². The van der Waals surface area contributed by atoms with E-state index >= 15 is 0 Å². The van der Waals surface area contributed by atoms with Gasteiger partial charge in [-0.05, 0) is 24.7 Å². The zero-order valence-electron chi connectivity index (χ0n) is 13.1. The molecule has 0 atom stereocenters. The summed E-state index contributed by atoms with van der Waals surface area (Å²) in [5.41, 5.74) is 8.66. The Morgan fingerprint density at radius 1 is 1.33 bits per heavy atom. The fourth-order valence-corrected chi connectivity index (χ4v) is 3.22. The highest BCUT2D eigenvalue weighted by atomic mass is 32.2. The highest BCUT2D eigenvalue weighted by molar-refractivity contribution is 7.99. The van der Waals surface area contributed by atoms with Crippen molar-refractivity contribution >= 4 is 17.7 Å². The summed E-state index contributed by atoms with van der Waals surface area (Å²) in [6.45, 7) is 6.91. The zero-order chi connectivity index (χ0) is 15.1. The van der Waals surface area contributed by atoms with E-state index in [1.165, 1.54) is 11.1 Å². The molecule has 0 amide bonds. The Bertz CT molecular complexity index is 469. The van der Waals surface area contributed by atoms with E-state index in [1.807, 2.05) is 11.8 Å². The number of thioether (sulfide) groups is 1. The third-order valence-corrected chi connectivity index (χ3v) is 4.68. The van der Waals surface area contributed by atoms with Gasteiger partial charge in [-0.25, -0.2) is 4.99 Å². The summed E-state index contributed by atoms with van der Waals surface area (Å²) < 4.78 is 0. The van der Waals surface area contributed by atoms with E-state index < -0.39 is 0 Å². The van der Waals surface area contributed by atoms with E-state index in [4.69, 9.17) is 5.73 Å². The first kappa shape index (κ1) is 16.2. The van der Waals surface area contributed by atoms with Crippen LogP contribution in [0, 0.1) is 0 Å². The van der Waals surface area contributed by atoms with Crippen LogP contribution in [0.15, 0.2) is 29.3 Å². The molecule has 1 aromatic carbocycles. The number of nitrogens with zero attached hydrogens (tertiary/aromatic N) is 3. The lowest BCUT2D eigenvalue weighted by Gasteiger charge is -2.27. The molecular weight excluding hydrogens is 280 g/mol. The van der Waals surface area contributed by atoms with Crippen LogP contribution in [-0.4, -0.2) is 53.9 Å². The third-order valence-electron chi connectivity index (χ3n) is 3.74. The van der Waals surface area contributed by atoms with Crippen molar-refractivity contribution in [1.29, 1.82) is 0 Å². The molecule has 0 spiro atoms. The molecule has 0 radical (unpaired) electrons. The van der Waals surface area contributed by atoms with Gasteiger partial charge in [0.15, 0.2) is 5.96 Å². The van der Waals surface area contributed by atoms with Gasteiger partial charge in [-0.2, -0.15) is 11.8 Å². The highest BCUT2D eigenvalue weighted by Crippen LogP contribution is 2.11. The first-order valence-corrected chi connectivity index (χ1v) is 8.73. The largest absolute Gasteiger partial charge is 0.370 e. The van der Waals surface area contributed by atoms with Crippen LogP contribution in [0.1, 0.15) is 18.1 Å². The van der Waals surface area contributed by atoms with Crippen LogP contribution < -0.4 is 5.73 Å². The Morgan fingerprint density at radius 2 is 2.05 bits per heavy atom. The number of aliphatic imine (C=N–C) groups is 1. The number of guanidine groups is 1. The quantitative estimate of drug-likeness (QED) is 0.667. The van der Waals surface area contributed by atoms with Gasteiger partial charge >= 0.3 is 0 Å². The smallest absolute Gasteiger partial charge is 0.191 e. The second-order valence-corrected chi connectivity index (χ2v) is 6.65. The zero-order valence-corrected chi connectivity index (χ0v) is 13.9. The molecule has 4 nitrogen and oxygen atoms in total. The molecule has 0 aromatic heterocycles. The van der Waals surface area contributed by atoms with Gasteiger partial charge in [-0.1, -0.05) is 31.2 Å². The Kier molecular flexibility index (Phi) is 6.39. The lowest BCUT2D eigenvalue weighted by atomic mass is 10.1. The van der Waals surface area contributed by atoms with E-state index in [-0.39, 0.29) is 0 Å². The fourth-order valence-electron chi connectivity index (χ4n) is 2.31. The summed E-state index contributed by atoms with van der Waals surface area (Å²) >= 11 is 1.98. The minimum Gasteiger partial charge on any atom is -0.370 e. The molecule has 116 valence electrons. The van der Waals surface area contributed by atoms with Crippen LogP contribution in [0.4, 0.5) is 0 Å². The lowest BCUT2D eigenvalue weighted by Crippen LogP contribution is -2.42. The van der Waals surface area contributed by atoms with Crippen LogP contribution in [-0.2, 0) is 13.1 Å². The number of hydrogen-bond acceptors (Lipinski definition) is 3. The van der Waals surface area contributed by atoms with E-state index in [2.05, 4.69) is 53.0 Å². The summed E-state index contributed by atoms with van der Waals surface area (Å²) in [4.78, 5) is 9.04. The van der Waals surface area contributed by atoms with Crippen LogP contribution in [0.3, 0.4) is 0 Å². The second kappa shape index (κ2) is 8.29. The molecular formula is C16H26N4S. The van der Waals surface area contributed by atoms with Gasteiger partial charge in [0.05, 0.1) is 6.54 Å². The van der Waals surface area contributed by atoms with Crippen molar-refractivity contribution < 1.29 is 0 Å². The molecule has 0 unspecified atom stereocenters. The SMILES string of the molecule is CCN(C)Cc1cccc(CN=C(N)N2CCSCC2)c1. The Balaban J connectivity index is 1.94. The van der Waals surface area contributed by atoms with Gasteiger partial charge < -0.3 is 15.5 Å². The van der Waals surface area contributed by atoms with Crippen molar-refractivity contribution in [3.05, 3.63) is 35.4 Å². The number of rotatable bonds is 5. The van der Waals surface area contributed by atoms with Crippen molar-refractivity contribution in [2.75, 3.05) is 38.2 Å². The number of nitrogens with two attached hydrogens (primary N) is 1. The molecule has 2 N–H and O–H groups in total. The van der Waals surface area contributed by atoms with Crippen molar-refractivity contribution in [3.63, 3.8) is 0 Å².